The van der Waals surface area contributed by atoms with E-state index < -0.39 is 5.41 Å². The second-order valence-corrected chi connectivity index (χ2v) is 4.58. The number of carbonyl (C=O) groups excluding carboxylic acids is 1. The first-order valence-electron chi connectivity index (χ1n) is 5.82. The zero-order valence-electron chi connectivity index (χ0n) is 9.86. The minimum Gasteiger partial charge on any atom is -0.309 e. The highest BCUT2D eigenvalue weighted by molar-refractivity contribution is 5.96. The van der Waals surface area contributed by atoms with Gasteiger partial charge in [0.25, 0.3) is 0 Å². The van der Waals surface area contributed by atoms with Crippen molar-refractivity contribution in [3.63, 3.8) is 0 Å². The van der Waals surface area contributed by atoms with Crippen molar-refractivity contribution in [2.24, 2.45) is 5.41 Å². The molecule has 1 aliphatic carbocycles. The number of nitrogens with zero attached hydrogens (tertiary/aromatic N) is 2. The van der Waals surface area contributed by atoms with E-state index in [9.17, 15) is 10.1 Å². The highest BCUT2D eigenvalue weighted by atomic mass is 16.2. The molecule has 0 atom stereocenters. The summed E-state index contributed by atoms with van der Waals surface area (Å²) in [6.45, 7) is 1.94. The van der Waals surface area contributed by atoms with Gasteiger partial charge < -0.3 is 5.32 Å². The third kappa shape index (κ3) is 2.28. The molecule has 0 aromatic carbocycles. The minimum absolute atomic E-state index is 0.214. The van der Waals surface area contributed by atoms with Crippen molar-refractivity contribution in [1.82, 2.24) is 4.98 Å². The van der Waals surface area contributed by atoms with E-state index in [0.29, 0.717) is 18.7 Å². The molecule has 4 nitrogen and oxygen atoms in total. The highest BCUT2D eigenvalue weighted by Crippen LogP contribution is 2.38. The first-order valence-corrected chi connectivity index (χ1v) is 5.82. The van der Waals surface area contributed by atoms with Crippen molar-refractivity contribution in [2.45, 2.75) is 32.6 Å². The fourth-order valence-electron chi connectivity index (χ4n) is 2.15. The van der Waals surface area contributed by atoms with E-state index in [4.69, 9.17) is 0 Å². The van der Waals surface area contributed by atoms with Gasteiger partial charge in [-0.1, -0.05) is 18.9 Å². The Hall–Kier alpha value is -1.89. The van der Waals surface area contributed by atoms with Crippen LogP contribution in [-0.2, 0) is 4.79 Å². The summed E-state index contributed by atoms with van der Waals surface area (Å²) < 4.78 is 0. The third-order valence-electron chi connectivity index (χ3n) is 3.26. The van der Waals surface area contributed by atoms with E-state index in [-0.39, 0.29) is 5.91 Å². The van der Waals surface area contributed by atoms with Crippen molar-refractivity contribution < 1.29 is 4.79 Å². The maximum atomic E-state index is 12.1. The summed E-state index contributed by atoms with van der Waals surface area (Å²) in [7, 11) is 0. The molecule has 0 radical (unpaired) electrons. The van der Waals surface area contributed by atoms with Gasteiger partial charge in [-0.25, -0.2) is 4.98 Å². The number of anilines is 1. The van der Waals surface area contributed by atoms with Crippen molar-refractivity contribution in [2.75, 3.05) is 5.32 Å². The Bertz CT molecular complexity index is 453. The van der Waals surface area contributed by atoms with Gasteiger partial charge in [0, 0.05) is 6.20 Å². The highest BCUT2D eigenvalue weighted by Gasteiger charge is 2.41. The molecule has 1 saturated carbocycles. The second kappa shape index (κ2) is 4.54. The lowest BCUT2D eigenvalue weighted by Crippen LogP contribution is -2.32. The van der Waals surface area contributed by atoms with Gasteiger partial charge >= 0.3 is 0 Å². The maximum absolute atomic E-state index is 12.1. The number of aromatic nitrogens is 1. The molecule has 1 aliphatic rings. The normalized spacial score (nSPS) is 17.4. The van der Waals surface area contributed by atoms with E-state index in [1.807, 2.05) is 13.0 Å². The lowest BCUT2D eigenvalue weighted by Gasteiger charge is -2.18. The first kappa shape index (κ1) is 11.6. The van der Waals surface area contributed by atoms with Crippen LogP contribution in [0.5, 0.6) is 0 Å². The first-order chi connectivity index (χ1) is 8.16. The molecule has 0 saturated heterocycles. The number of aryl methyl sites for hydroxylation is 1. The second-order valence-electron chi connectivity index (χ2n) is 4.58. The predicted octanol–water partition coefficient (Wildman–Crippen LogP) is 2.41. The molecule has 4 heteroatoms. The number of nitrogens with one attached hydrogen (secondary N) is 1. The van der Waals surface area contributed by atoms with Crippen LogP contribution in [0.1, 0.15) is 31.2 Å². The van der Waals surface area contributed by atoms with Gasteiger partial charge in [-0.05, 0) is 31.4 Å². The van der Waals surface area contributed by atoms with Crippen molar-refractivity contribution in [3.05, 3.63) is 23.9 Å². The molecule has 0 unspecified atom stereocenters. The number of pyridine rings is 1. The van der Waals surface area contributed by atoms with Crippen molar-refractivity contribution in [1.29, 1.82) is 5.26 Å². The van der Waals surface area contributed by atoms with Crippen LogP contribution in [0.25, 0.3) is 0 Å². The van der Waals surface area contributed by atoms with Gasteiger partial charge in [-0.3, -0.25) is 4.79 Å². The zero-order valence-corrected chi connectivity index (χ0v) is 9.86. The van der Waals surface area contributed by atoms with Gasteiger partial charge in [0.05, 0.1) is 6.07 Å². The van der Waals surface area contributed by atoms with Crippen LogP contribution in [0.15, 0.2) is 18.3 Å². The topological polar surface area (TPSA) is 65.8 Å². The SMILES string of the molecule is Cc1ccc(NC(=O)C2(C#N)CCCC2)nc1. The van der Waals surface area contributed by atoms with Crippen LogP contribution in [0.2, 0.25) is 0 Å². The lowest BCUT2D eigenvalue weighted by molar-refractivity contribution is -0.122. The molecule has 2 rings (SSSR count). The van der Waals surface area contributed by atoms with Crippen LogP contribution in [0, 0.1) is 23.7 Å². The molecule has 1 heterocycles. The Morgan fingerprint density at radius 1 is 1.47 bits per heavy atom. The van der Waals surface area contributed by atoms with Gasteiger partial charge in [-0.2, -0.15) is 5.26 Å². The van der Waals surface area contributed by atoms with Gasteiger partial charge in [0.2, 0.25) is 5.91 Å². The molecule has 17 heavy (non-hydrogen) atoms. The average Bonchev–Trinajstić information content (AvgIpc) is 2.82. The molecule has 0 aliphatic heterocycles. The van der Waals surface area contributed by atoms with E-state index in [0.717, 1.165) is 18.4 Å². The monoisotopic (exact) mass is 229 g/mol. The molecule has 1 aromatic rings. The Morgan fingerprint density at radius 3 is 2.71 bits per heavy atom. The Kier molecular flexibility index (Phi) is 3.10. The zero-order chi connectivity index (χ0) is 12.3. The van der Waals surface area contributed by atoms with Crippen molar-refractivity contribution in [3.8, 4) is 6.07 Å². The number of hydrogen-bond donors (Lipinski definition) is 1. The van der Waals surface area contributed by atoms with Crippen LogP contribution < -0.4 is 5.32 Å². The summed E-state index contributed by atoms with van der Waals surface area (Å²) >= 11 is 0. The molecule has 0 bridgehead atoms. The number of rotatable bonds is 2. The molecule has 88 valence electrons. The third-order valence-corrected chi connectivity index (χ3v) is 3.26. The van der Waals surface area contributed by atoms with Crippen molar-refractivity contribution >= 4 is 11.7 Å². The summed E-state index contributed by atoms with van der Waals surface area (Å²) in [5.74, 6) is 0.302. The van der Waals surface area contributed by atoms with E-state index in [1.54, 1.807) is 12.3 Å². The van der Waals surface area contributed by atoms with Gasteiger partial charge in [-0.15, -0.1) is 0 Å². The fourth-order valence-corrected chi connectivity index (χ4v) is 2.15. The molecule has 1 N–H and O–H groups in total. The fraction of sp³-hybridized carbons (Fsp3) is 0.462. The van der Waals surface area contributed by atoms with Gasteiger partial charge in [0.1, 0.15) is 11.2 Å². The maximum Gasteiger partial charge on any atom is 0.246 e. The lowest BCUT2D eigenvalue weighted by atomic mass is 9.87. The summed E-state index contributed by atoms with van der Waals surface area (Å²) in [5, 5.41) is 11.9. The van der Waals surface area contributed by atoms with E-state index in [2.05, 4.69) is 16.4 Å². The standard InChI is InChI=1S/C13H15N3O/c1-10-4-5-11(15-8-10)16-12(17)13(9-14)6-2-3-7-13/h4-5,8H,2-3,6-7H2,1H3,(H,15,16,17). The molecular formula is C13H15N3O. The Balaban J connectivity index is 2.11. The van der Waals surface area contributed by atoms with Crippen LogP contribution in [0.4, 0.5) is 5.82 Å². The average molecular weight is 229 g/mol. The Morgan fingerprint density at radius 2 is 2.18 bits per heavy atom. The predicted molar refractivity (Wildman–Crippen MR) is 64.1 cm³/mol. The number of nitriles is 1. The van der Waals surface area contributed by atoms with Crippen LogP contribution in [-0.4, -0.2) is 10.9 Å². The molecular weight excluding hydrogens is 214 g/mol. The minimum atomic E-state index is -0.841. The number of hydrogen-bond acceptors (Lipinski definition) is 3. The summed E-state index contributed by atoms with van der Waals surface area (Å²) in [6, 6.07) is 5.81. The number of amides is 1. The van der Waals surface area contributed by atoms with Crippen LogP contribution in [0.3, 0.4) is 0 Å². The molecule has 1 fully saturated rings. The quantitative estimate of drug-likeness (QED) is 0.846. The summed E-state index contributed by atoms with van der Waals surface area (Å²) in [6.07, 6.45) is 4.90. The van der Waals surface area contributed by atoms with Gasteiger partial charge in [0.15, 0.2) is 0 Å². The van der Waals surface area contributed by atoms with E-state index >= 15 is 0 Å². The largest absolute Gasteiger partial charge is 0.309 e. The number of carbonyl (C=O) groups is 1. The molecule has 1 aromatic heterocycles. The smallest absolute Gasteiger partial charge is 0.246 e. The molecule has 1 amide bonds. The Labute approximate surface area is 101 Å². The summed E-state index contributed by atoms with van der Waals surface area (Å²) in [5.41, 5.74) is 0.200. The van der Waals surface area contributed by atoms with E-state index in [1.165, 1.54) is 0 Å². The summed E-state index contributed by atoms with van der Waals surface area (Å²) in [4.78, 5) is 16.2. The van der Waals surface area contributed by atoms with Crippen LogP contribution >= 0.6 is 0 Å². The molecule has 0 spiro atoms.